The first-order valence-electron chi connectivity index (χ1n) is 9.79. The van der Waals surface area contributed by atoms with Crippen LogP contribution in [0.3, 0.4) is 0 Å². The fourth-order valence-corrected chi connectivity index (χ4v) is 1.34. The highest BCUT2D eigenvalue weighted by molar-refractivity contribution is 4.56. The fraction of sp³-hybridized carbons (Fsp3) is 1.00. The summed E-state index contributed by atoms with van der Waals surface area (Å²) in [7, 11) is -9.25. The van der Waals surface area contributed by atoms with Crippen LogP contribution in [0, 0.1) is 0 Å². The van der Waals surface area contributed by atoms with Crippen LogP contribution < -0.4 is 0 Å². The summed E-state index contributed by atoms with van der Waals surface area (Å²) < 4.78 is 78.3. The molecular formula is C12H26O3. The van der Waals surface area contributed by atoms with E-state index >= 15 is 0 Å². The van der Waals surface area contributed by atoms with E-state index in [1.54, 1.807) is 0 Å². The molecule has 0 aromatic carbocycles. The van der Waals surface area contributed by atoms with Crippen LogP contribution in [0.4, 0.5) is 0 Å². The van der Waals surface area contributed by atoms with Crippen molar-refractivity contribution < 1.29 is 26.5 Å². The van der Waals surface area contributed by atoms with Crippen LogP contribution in [0.15, 0.2) is 0 Å². The maximum absolute atomic E-state index is 7.16. The van der Waals surface area contributed by atoms with Gasteiger partial charge in [0.05, 0.1) is 12.3 Å². The zero-order chi connectivity index (χ0) is 19.1. The summed E-state index contributed by atoms with van der Waals surface area (Å²) in [4.78, 5) is 0. The van der Waals surface area contributed by atoms with Gasteiger partial charge in [0.25, 0.3) is 5.97 Å². The van der Waals surface area contributed by atoms with Gasteiger partial charge in [0.15, 0.2) is 0 Å². The predicted molar refractivity (Wildman–Crippen MR) is 61.8 cm³/mol. The minimum atomic E-state index is -3.08. The number of ether oxygens (including phenoxy) is 3. The third-order valence-corrected chi connectivity index (χ3v) is 2.30. The van der Waals surface area contributed by atoms with Crippen LogP contribution >= 0.6 is 0 Å². The molecule has 0 unspecified atom stereocenters. The fourth-order valence-electron chi connectivity index (χ4n) is 1.34. The Morgan fingerprint density at radius 1 is 0.867 bits per heavy atom. The molecule has 0 aromatic rings. The van der Waals surface area contributed by atoms with Gasteiger partial charge in [0.1, 0.15) is 0 Å². The largest absolute Gasteiger partial charge is 0.331 e. The standard InChI is InChI=1S/C12H26O3/c1-5-6-7-8-9-10-11-12(13-2,14-3)15-4/h5-11H2,1-4H3/i2D3,3D3,4D3. The van der Waals surface area contributed by atoms with Gasteiger partial charge in [-0.25, -0.2) is 0 Å². The average Bonchev–Trinajstić information content (AvgIpc) is 2.26. The van der Waals surface area contributed by atoms with Gasteiger partial charge in [-0.15, -0.1) is 0 Å². The monoisotopic (exact) mass is 227 g/mol. The van der Waals surface area contributed by atoms with Crippen molar-refractivity contribution in [3.05, 3.63) is 0 Å². The molecule has 3 heteroatoms. The van der Waals surface area contributed by atoms with E-state index in [2.05, 4.69) is 21.1 Å². The molecule has 0 amide bonds. The van der Waals surface area contributed by atoms with Gasteiger partial charge in [-0.3, -0.25) is 0 Å². The highest BCUT2D eigenvalue weighted by Crippen LogP contribution is 2.21. The highest BCUT2D eigenvalue weighted by Gasteiger charge is 2.28. The molecule has 0 saturated carbocycles. The Morgan fingerprint density at radius 2 is 1.40 bits per heavy atom. The smallest absolute Gasteiger partial charge is 0.282 e. The van der Waals surface area contributed by atoms with Gasteiger partial charge in [0.2, 0.25) is 0 Å². The Hall–Kier alpha value is -0.120. The lowest BCUT2D eigenvalue weighted by molar-refractivity contribution is -0.355. The normalized spacial score (nSPS) is 23.4. The zero-order valence-corrected chi connectivity index (χ0v) is 9.17. The summed E-state index contributed by atoms with van der Waals surface area (Å²) in [6, 6.07) is 0. The second-order valence-electron chi connectivity index (χ2n) is 3.51. The van der Waals surface area contributed by atoms with Crippen molar-refractivity contribution in [2.24, 2.45) is 0 Å². The second-order valence-corrected chi connectivity index (χ2v) is 3.51. The summed E-state index contributed by atoms with van der Waals surface area (Å²) in [6.45, 7) is 2.06. The van der Waals surface area contributed by atoms with E-state index < -0.39 is 27.1 Å². The van der Waals surface area contributed by atoms with Gasteiger partial charge in [-0.05, 0) is 6.42 Å². The SMILES string of the molecule is [2H]C([2H])([2H])OC(CCCCCCCC)(OC([2H])([2H])[2H])OC([2H])([2H])[2H]. The van der Waals surface area contributed by atoms with Gasteiger partial charge in [-0.1, -0.05) is 39.0 Å². The maximum atomic E-state index is 7.16. The van der Waals surface area contributed by atoms with Crippen LogP contribution in [-0.2, 0) is 14.2 Å². The molecule has 0 aliphatic heterocycles. The zero-order valence-electron chi connectivity index (χ0n) is 18.2. The van der Waals surface area contributed by atoms with E-state index in [1.165, 1.54) is 0 Å². The lowest BCUT2D eigenvalue weighted by Gasteiger charge is -2.28. The van der Waals surface area contributed by atoms with Crippen molar-refractivity contribution in [2.45, 2.75) is 57.8 Å². The van der Waals surface area contributed by atoms with Crippen molar-refractivity contribution in [2.75, 3.05) is 21.1 Å². The van der Waals surface area contributed by atoms with Gasteiger partial charge >= 0.3 is 0 Å². The molecule has 0 aromatic heterocycles. The summed E-state index contributed by atoms with van der Waals surface area (Å²) in [5.74, 6) is -2.69. The average molecular weight is 227 g/mol. The Balaban J connectivity index is 5.10. The molecule has 0 heterocycles. The van der Waals surface area contributed by atoms with Crippen molar-refractivity contribution in [1.82, 2.24) is 0 Å². The summed E-state index contributed by atoms with van der Waals surface area (Å²) in [5, 5.41) is 0. The first-order chi connectivity index (χ1) is 10.7. The Bertz CT molecular complexity index is 308. The predicted octanol–water partition coefficient (Wildman–Crippen LogP) is 3.33. The van der Waals surface area contributed by atoms with E-state index in [1.807, 2.05) is 0 Å². The molecule has 0 aliphatic carbocycles. The van der Waals surface area contributed by atoms with Gasteiger partial charge in [0, 0.05) is 27.5 Å². The molecule has 0 spiro atoms. The Kier molecular flexibility index (Phi) is 3.33. The highest BCUT2D eigenvalue weighted by atomic mass is 16.9. The van der Waals surface area contributed by atoms with Crippen LogP contribution in [0.25, 0.3) is 0 Å². The number of rotatable bonds is 10. The molecule has 0 N–H and O–H groups in total. The van der Waals surface area contributed by atoms with Crippen LogP contribution in [0.1, 0.15) is 64.2 Å². The minimum Gasteiger partial charge on any atom is -0.331 e. The first kappa shape index (κ1) is 5.48. The molecule has 0 atom stereocenters. The van der Waals surface area contributed by atoms with E-state index in [0.29, 0.717) is 12.8 Å². The van der Waals surface area contributed by atoms with Crippen molar-refractivity contribution >= 4 is 0 Å². The number of methoxy groups -OCH3 is 3. The molecule has 92 valence electrons. The van der Waals surface area contributed by atoms with E-state index in [4.69, 9.17) is 12.3 Å². The summed E-state index contributed by atoms with van der Waals surface area (Å²) in [5.41, 5.74) is 0. The van der Waals surface area contributed by atoms with Crippen LogP contribution in [0.2, 0.25) is 0 Å². The van der Waals surface area contributed by atoms with Crippen molar-refractivity contribution in [3.8, 4) is 0 Å². The molecule has 0 radical (unpaired) electrons. The van der Waals surface area contributed by atoms with Gasteiger partial charge in [-0.2, -0.15) is 0 Å². The summed E-state index contributed by atoms with van der Waals surface area (Å²) in [6.07, 6.45) is 4.54. The quantitative estimate of drug-likeness (QED) is 0.423. The lowest BCUT2D eigenvalue weighted by Crippen LogP contribution is -2.35. The van der Waals surface area contributed by atoms with Crippen LogP contribution in [-0.4, -0.2) is 27.1 Å². The van der Waals surface area contributed by atoms with E-state index in [9.17, 15) is 0 Å². The number of hydrogen-bond donors (Lipinski definition) is 0. The first-order valence-corrected chi connectivity index (χ1v) is 5.29. The summed E-state index contributed by atoms with van der Waals surface area (Å²) >= 11 is 0. The third-order valence-electron chi connectivity index (χ3n) is 2.30. The van der Waals surface area contributed by atoms with Crippen molar-refractivity contribution in [3.63, 3.8) is 0 Å². The molecule has 0 bridgehead atoms. The number of unbranched alkanes of at least 4 members (excludes halogenated alkanes) is 5. The molecule has 0 saturated heterocycles. The number of hydrogen-bond acceptors (Lipinski definition) is 3. The molecular weight excluding hydrogens is 192 g/mol. The van der Waals surface area contributed by atoms with E-state index in [0.717, 1.165) is 25.7 Å². The lowest BCUT2D eigenvalue weighted by atomic mass is 10.1. The molecule has 3 nitrogen and oxygen atoms in total. The Morgan fingerprint density at radius 3 is 1.93 bits per heavy atom. The minimum absolute atomic E-state index is 0.298. The van der Waals surface area contributed by atoms with Crippen molar-refractivity contribution in [1.29, 1.82) is 0 Å². The molecule has 0 aliphatic rings. The molecule has 0 rings (SSSR count). The van der Waals surface area contributed by atoms with Crippen LogP contribution in [0.5, 0.6) is 0 Å². The Labute approximate surface area is 107 Å². The molecule has 15 heavy (non-hydrogen) atoms. The topological polar surface area (TPSA) is 27.7 Å². The van der Waals surface area contributed by atoms with E-state index in [-0.39, 0.29) is 6.42 Å². The molecule has 0 fully saturated rings. The third kappa shape index (κ3) is 6.13. The van der Waals surface area contributed by atoms with Gasteiger partial charge < -0.3 is 14.2 Å². The second kappa shape index (κ2) is 9.13. The maximum Gasteiger partial charge on any atom is 0.282 e.